The second-order valence-electron chi connectivity index (χ2n) is 5.08. The molecule has 18 heavy (non-hydrogen) atoms. The van der Waals surface area contributed by atoms with Gasteiger partial charge in [0.15, 0.2) is 5.43 Å². The zero-order valence-corrected chi connectivity index (χ0v) is 10.8. The molecule has 0 saturated heterocycles. The standard InChI is InChI=1S/C13H19N3O2/c1-16(2)13(5-3-6-13)9-15-12(18)10-8-14-7-4-11(10)17/h4,7-8H,3,5-6,9H2,1-2H3,(H,14,17)(H,15,18). The van der Waals surface area contributed by atoms with Crippen molar-refractivity contribution in [2.24, 2.45) is 0 Å². The van der Waals surface area contributed by atoms with Crippen molar-refractivity contribution in [3.8, 4) is 0 Å². The molecule has 2 N–H and O–H groups in total. The van der Waals surface area contributed by atoms with Crippen LogP contribution in [-0.2, 0) is 0 Å². The summed E-state index contributed by atoms with van der Waals surface area (Å²) < 4.78 is 0. The lowest BCUT2D eigenvalue weighted by Gasteiger charge is -2.47. The van der Waals surface area contributed by atoms with Crippen molar-refractivity contribution in [1.82, 2.24) is 15.2 Å². The van der Waals surface area contributed by atoms with E-state index in [1.54, 1.807) is 0 Å². The molecule has 0 aromatic carbocycles. The molecule has 1 aliphatic rings. The highest BCUT2D eigenvalue weighted by Gasteiger charge is 2.39. The largest absolute Gasteiger partial charge is 0.367 e. The number of carbonyl (C=O) groups is 1. The highest BCUT2D eigenvalue weighted by Crippen LogP contribution is 2.35. The number of rotatable bonds is 4. The van der Waals surface area contributed by atoms with Crippen LogP contribution in [0.2, 0.25) is 0 Å². The van der Waals surface area contributed by atoms with Gasteiger partial charge in [0.25, 0.3) is 5.91 Å². The Morgan fingerprint density at radius 1 is 1.50 bits per heavy atom. The molecule has 0 spiro atoms. The minimum atomic E-state index is -0.301. The number of pyridine rings is 1. The van der Waals surface area contributed by atoms with Gasteiger partial charge in [-0.15, -0.1) is 0 Å². The molecule has 1 aromatic rings. The van der Waals surface area contributed by atoms with Crippen LogP contribution in [-0.4, -0.2) is 42.0 Å². The van der Waals surface area contributed by atoms with Crippen LogP contribution in [0.15, 0.2) is 23.3 Å². The van der Waals surface area contributed by atoms with Crippen LogP contribution in [0.3, 0.4) is 0 Å². The van der Waals surface area contributed by atoms with Gasteiger partial charge < -0.3 is 15.2 Å². The zero-order chi connectivity index (χ0) is 13.2. The molecule has 0 aliphatic heterocycles. The van der Waals surface area contributed by atoms with E-state index in [4.69, 9.17) is 0 Å². The van der Waals surface area contributed by atoms with Crippen LogP contribution in [0.1, 0.15) is 29.6 Å². The third-order valence-electron chi connectivity index (χ3n) is 3.88. The van der Waals surface area contributed by atoms with Gasteiger partial charge in [-0.3, -0.25) is 9.59 Å². The number of aromatic nitrogens is 1. The van der Waals surface area contributed by atoms with Crippen LogP contribution >= 0.6 is 0 Å². The molecule has 5 heteroatoms. The summed E-state index contributed by atoms with van der Waals surface area (Å²) >= 11 is 0. The number of hydrogen-bond acceptors (Lipinski definition) is 3. The molecule has 5 nitrogen and oxygen atoms in total. The number of likely N-dealkylation sites (N-methyl/N-ethyl adjacent to an activating group) is 1. The maximum atomic E-state index is 11.9. The molecule has 1 aliphatic carbocycles. The zero-order valence-electron chi connectivity index (χ0n) is 10.8. The highest BCUT2D eigenvalue weighted by atomic mass is 16.2. The van der Waals surface area contributed by atoms with Crippen molar-refractivity contribution in [3.05, 3.63) is 34.2 Å². The van der Waals surface area contributed by atoms with Gasteiger partial charge in [0.05, 0.1) is 0 Å². The van der Waals surface area contributed by atoms with E-state index in [-0.39, 0.29) is 22.4 Å². The third-order valence-corrected chi connectivity index (χ3v) is 3.88. The summed E-state index contributed by atoms with van der Waals surface area (Å²) in [5, 5.41) is 2.86. The lowest BCUT2D eigenvalue weighted by Crippen LogP contribution is -2.57. The van der Waals surface area contributed by atoms with E-state index in [9.17, 15) is 9.59 Å². The summed E-state index contributed by atoms with van der Waals surface area (Å²) in [4.78, 5) is 28.4. The Hall–Kier alpha value is -1.62. The second-order valence-corrected chi connectivity index (χ2v) is 5.08. The van der Waals surface area contributed by atoms with Crippen molar-refractivity contribution >= 4 is 5.91 Å². The molecule has 0 bridgehead atoms. The fraction of sp³-hybridized carbons (Fsp3) is 0.538. The third kappa shape index (κ3) is 2.31. The predicted molar refractivity (Wildman–Crippen MR) is 69.7 cm³/mol. The summed E-state index contributed by atoms with van der Waals surface area (Å²) in [7, 11) is 4.06. The number of amides is 1. The van der Waals surface area contributed by atoms with Crippen molar-refractivity contribution in [2.75, 3.05) is 20.6 Å². The van der Waals surface area contributed by atoms with Crippen molar-refractivity contribution in [3.63, 3.8) is 0 Å². The molecule has 1 fully saturated rings. The Morgan fingerprint density at radius 3 is 2.72 bits per heavy atom. The Bertz CT molecular complexity index is 489. The number of nitrogens with zero attached hydrogens (tertiary/aromatic N) is 1. The van der Waals surface area contributed by atoms with E-state index in [1.165, 1.54) is 24.9 Å². The summed E-state index contributed by atoms with van der Waals surface area (Å²) in [6.45, 7) is 0.590. The van der Waals surface area contributed by atoms with E-state index < -0.39 is 0 Å². The topological polar surface area (TPSA) is 65.2 Å². The lowest BCUT2D eigenvalue weighted by atomic mass is 9.75. The maximum Gasteiger partial charge on any atom is 0.256 e. The lowest BCUT2D eigenvalue weighted by molar-refractivity contribution is 0.0557. The molecule has 0 unspecified atom stereocenters. The second kappa shape index (κ2) is 4.94. The van der Waals surface area contributed by atoms with Crippen molar-refractivity contribution in [1.29, 1.82) is 0 Å². The van der Waals surface area contributed by atoms with Crippen molar-refractivity contribution < 1.29 is 4.79 Å². The molecule has 1 aromatic heterocycles. The predicted octanol–water partition coefficient (Wildman–Crippen LogP) is 0.589. The molecule has 1 heterocycles. The van der Waals surface area contributed by atoms with Crippen molar-refractivity contribution in [2.45, 2.75) is 24.8 Å². The van der Waals surface area contributed by atoms with Gasteiger partial charge in [-0.1, -0.05) is 0 Å². The highest BCUT2D eigenvalue weighted by molar-refractivity contribution is 5.93. The van der Waals surface area contributed by atoms with Crippen LogP contribution in [0.25, 0.3) is 0 Å². The van der Waals surface area contributed by atoms with E-state index in [0.717, 1.165) is 12.8 Å². The molecule has 1 amide bonds. The number of carbonyl (C=O) groups excluding carboxylic acids is 1. The number of H-pyrrole nitrogens is 1. The van der Waals surface area contributed by atoms with Gasteiger partial charge in [0.2, 0.25) is 0 Å². The van der Waals surface area contributed by atoms with Gasteiger partial charge in [-0.25, -0.2) is 0 Å². The Labute approximate surface area is 106 Å². The molecule has 2 rings (SSSR count). The van der Waals surface area contributed by atoms with E-state index in [2.05, 4.69) is 15.2 Å². The van der Waals surface area contributed by atoms with Crippen LogP contribution in [0, 0.1) is 0 Å². The van der Waals surface area contributed by atoms with Gasteiger partial charge in [-0.2, -0.15) is 0 Å². The Balaban J connectivity index is 2.01. The number of nitrogens with one attached hydrogen (secondary N) is 2. The fourth-order valence-electron chi connectivity index (χ4n) is 2.30. The van der Waals surface area contributed by atoms with Crippen LogP contribution in [0.4, 0.5) is 0 Å². The quantitative estimate of drug-likeness (QED) is 0.820. The molecular formula is C13H19N3O2. The average molecular weight is 249 g/mol. The first kappa shape index (κ1) is 12.8. The maximum absolute atomic E-state index is 11.9. The van der Waals surface area contributed by atoms with E-state index in [0.29, 0.717) is 6.54 Å². The summed E-state index contributed by atoms with van der Waals surface area (Å²) in [6, 6.07) is 1.36. The SMILES string of the molecule is CN(C)C1(CNC(=O)c2c[nH]ccc2=O)CCC1. The van der Waals surface area contributed by atoms with Crippen LogP contribution < -0.4 is 10.7 Å². The molecule has 0 radical (unpaired) electrons. The summed E-state index contributed by atoms with van der Waals surface area (Å²) in [5.41, 5.74) is -0.0125. The number of aromatic amines is 1. The minimum absolute atomic E-state index is 0.0667. The van der Waals surface area contributed by atoms with E-state index >= 15 is 0 Å². The summed E-state index contributed by atoms with van der Waals surface area (Å²) in [5.74, 6) is -0.301. The average Bonchev–Trinajstić information content (AvgIpc) is 2.27. The summed E-state index contributed by atoms with van der Waals surface area (Å²) in [6.07, 6.45) is 6.34. The van der Waals surface area contributed by atoms with Crippen LogP contribution in [0.5, 0.6) is 0 Å². The Morgan fingerprint density at radius 2 is 2.22 bits per heavy atom. The van der Waals surface area contributed by atoms with Gasteiger partial charge in [0.1, 0.15) is 5.56 Å². The first-order valence-electron chi connectivity index (χ1n) is 6.18. The number of hydrogen-bond donors (Lipinski definition) is 2. The van der Waals surface area contributed by atoms with Gasteiger partial charge in [0, 0.05) is 30.5 Å². The molecular weight excluding hydrogens is 230 g/mol. The Kier molecular flexibility index (Phi) is 3.52. The normalized spacial score (nSPS) is 17.3. The van der Waals surface area contributed by atoms with Gasteiger partial charge >= 0.3 is 0 Å². The monoisotopic (exact) mass is 249 g/mol. The minimum Gasteiger partial charge on any atom is -0.367 e. The first-order valence-corrected chi connectivity index (χ1v) is 6.18. The molecule has 0 atom stereocenters. The van der Waals surface area contributed by atoms with E-state index in [1.807, 2.05) is 14.1 Å². The fourth-order valence-corrected chi connectivity index (χ4v) is 2.30. The smallest absolute Gasteiger partial charge is 0.256 e. The molecule has 1 saturated carbocycles. The van der Waals surface area contributed by atoms with Gasteiger partial charge in [-0.05, 0) is 33.4 Å². The molecule has 98 valence electrons. The first-order chi connectivity index (χ1) is 8.55.